The van der Waals surface area contributed by atoms with Crippen molar-refractivity contribution < 1.29 is 19.7 Å². The van der Waals surface area contributed by atoms with Crippen LogP contribution < -0.4 is 10.6 Å². The number of aromatic nitrogens is 4. The van der Waals surface area contributed by atoms with Gasteiger partial charge >= 0.3 is 0 Å². The van der Waals surface area contributed by atoms with Gasteiger partial charge in [0.1, 0.15) is 12.2 Å². The Labute approximate surface area is 196 Å². The fraction of sp³-hybridized carbons (Fsp3) is 0.368. The Morgan fingerprint density at radius 2 is 2.13 bits per heavy atom. The van der Waals surface area contributed by atoms with Crippen molar-refractivity contribution in [2.45, 2.75) is 36.2 Å². The number of halogens is 1. The Morgan fingerprint density at radius 3 is 2.84 bits per heavy atom. The van der Waals surface area contributed by atoms with Crippen LogP contribution in [0.25, 0.3) is 11.2 Å². The normalized spacial score (nSPS) is 23.3. The molecule has 0 bridgehead atoms. The van der Waals surface area contributed by atoms with Crippen molar-refractivity contribution in [3.8, 4) is 0 Å². The molecule has 0 aliphatic carbocycles. The summed E-state index contributed by atoms with van der Waals surface area (Å²) in [6.07, 6.45) is -1.58. The molecule has 164 valence electrons. The molecule has 10 nitrogen and oxygen atoms in total. The lowest BCUT2D eigenvalue weighted by atomic mass is 10.1. The van der Waals surface area contributed by atoms with Crippen molar-refractivity contribution in [3.63, 3.8) is 0 Å². The van der Waals surface area contributed by atoms with Crippen molar-refractivity contribution in [3.05, 3.63) is 39.7 Å². The summed E-state index contributed by atoms with van der Waals surface area (Å²) in [6.45, 7) is 0.545. The van der Waals surface area contributed by atoms with Crippen molar-refractivity contribution in [1.82, 2.24) is 24.8 Å². The molecule has 1 saturated heterocycles. The third kappa shape index (κ3) is 4.35. The summed E-state index contributed by atoms with van der Waals surface area (Å²) in [7, 11) is 1.44. The number of imidazole rings is 1. The van der Waals surface area contributed by atoms with E-state index in [9.17, 15) is 15.0 Å². The molecule has 1 aromatic carbocycles. The van der Waals surface area contributed by atoms with E-state index in [1.807, 2.05) is 24.5 Å². The Bertz CT molecular complexity index is 1110. The number of aliphatic hydroxyl groups is 2. The first kappa shape index (κ1) is 22.2. The van der Waals surface area contributed by atoms with Crippen molar-refractivity contribution >= 4 is 57.2 Å². The highest BCUT2D eigenvalue weighted by atomic mass is 127. The van der Waals surface area contributed by atoms with Gasteiger partial charge in [-0.15, -0.1) is 0 Å². The SMILES string of the molecule is CNC(=O)C1OC(n2cnc3c(NCc4cccc(I)c4)nc(SC)nc32)C(O)C1O. The monoisotopic (exact) mass is 556 g/mol. The molecular weight excluding hydrogens is 535 g/mol. The van der Waals surface area contributed by atoms with Gasteiger partial charge < -0.3 is 25.6 Å². The minimum absolute atomic E-state index is 0.429. The molecule has 3 aromatic rings. The van der Waals surface area contributed by atoms with Crippen LogP contribution in [0.3, 0.4) is 0 Å². The van der Waals surface area contributed by atoms with Crippen LogP contribution in [0.15, 0.2) is 35.7 Å². The van der Waals surface area contributed by atoms with Gasteiger partial charge in [0.15, 0.2) is 34.5 Å². The van der Waals surface area contributed by atoms with E-state index in [2.05, 4.69) is 54.2 Å². The van der Waals surface area contributed by atoms with Crippen molar-refractivity contribution in [2.24, 2.45) is 0 Å². The molecule has 0 spiro atoms. The van der Waals surface area contributed by atoms with E-state index in [1.165, 1.54) is 29.7 Å². The molecule has 4 rings (SSSR count). The Hall–Kier alpha value is -2.00. The third-order valence-corrected chi connectivity index (χ3v) is 6.17. The molecule has 1 aliphatic heterocycles. The minimum Gasteiger partial charge on any atom is -0.387 e. The number of ether oxygens (including phenoxy) is 1. The second-order valence-electron chi connectivity index (χ2n) is 6.91. The largest absolute Gasteiger partial charge is 0.387 e. The van der Waals surface area contributed by atoms with E-state index in [0.717, 1.165) is 9.13 Å². The molecule has 2 aromatic heterocycles. The predicted molar refractivity (Wildman–Crippen MR) is 124 cm³/mol. The Morgan fingerprint density at radius 1 is 1.32 bits per heavy atom. The molecule has 3 heterocycles. The number of carbonyl (C=O) groups excluding carboxylic acids is 1. The van der Waals surface area contributed by atoms with Crippen LogP contribution in [0.4, 0.5) is 5.82 Å². The second kappa shape index (κ2) is 9.24. The topological polar surface area (TPSA) is 134 Å². The summed E-state index contributed by atoms with van der Waals surface area (Å²) in [5.41, 5.74) is 2.02. The van der Waals surface area contributed by atoms with Gasteiger partial charge in [0.05, 0.1) is 6.33 Å². The summed E-state index contributed by atoms with van der Waals surface area (Å²) in [5.74, 6) is 0.0283. The Kier molecular flexibility index (Phi) is 6.62. The maximum Gasteiger partial charge on any atom is 0.251 e. The molecule has 4 N–H and O–H groups in total. The highest BCUT2D eigenvalue weighted by Gasteiger charge is 2.47. The van der Waals surface area contributed by atoms with Crippen LogP contribution in [0, 0.1) is 3.57 Å². The van der Waals surface area contributed by atoms with Crippen LogP contribution in [0.2, 0.25) is 0 Å². The molecule has 1 aliphatic rings. The average Bonchev–Trinajstić information content (AvgIpc) is 3.32. The van der Waals surface area contributed by atoms with E-state index >= 15 is 0 Å². The van der Waals surface area contributed by atoms with Gasteiger partial charge in [-0.1, -0.05) is 23.9 Å². The van der Waals surface area contributed by atoms with Gasteiger partial charge in [0.2, 0.25) is 0 Å². The van der Waals surface area contributed by atoms with Crippen LogP contribution in [-0.4, -0.2) is 67.3 Å². The lowest BCUT2D eigenvalue weighted by Crippen LogP contribution is -2.41. The number of aliphatic hydroxyl groups excluding tert-OH is 2. The van der Waals surface area contributed by atoms with Crippen molar-refractivity contribution in [1.29, 1.82) is 0 Å². The zero-order chi connectivity index (χ0) is 22.1. The van der Waals surface area contributed by atoms with Crippen LogP contribution in [0.5, 0.6) is 0 Å². The smallest absolute Gasteiger partial charge is 0.251 e. The number of rotatable bonds is 6. The fourth-order valence-corrected chi connectivity index (χ4v) is 4.35. The number of likely N-dealkylation sites (N-methyl/N-ethyl adjacent to an activating group) is 1. The first-order chi connectivity index (χ1) is 14.9. The lowest BCUT2D eigenvalue weighted by Gasteiger charge is -2.17. The third-order valence-electron chi connectivity index (χ3n) is 4.95. The van der Waals surface area contributed by atoms with Gasteiger partial charge in [-0.3, -0.25) is 9.36 Å². The maximum atomic E-state index is 12.0. The summed E-state index contributed by atoms with van der Waals surface area (Å²) in [5, 5.41) is 27.0. The molecule has 12 heteroatoms. The summed E-state index contributed by atoms with van der Waals surface area (Å²) < 4.78 is 8.32. The zero-order valence-corrected chi connectivity index (χ0v) is 19.7. The van der Waals surface area contributed by atoms with Crippen LogP contribution in [0.1, 0.15) is 11.8 Å². The summed E-state index contributed by atoms with van der Waals surface area (Å²) in [4.78, 5) is 25.4. The van der Waals surface area contributed by atoms with Gasteiger partial charge in [-0.25, -0.2) is 15.0 Å². The number of anilines is 1. The number of nitrogens with one attached hydrogen (secondary N) is 2. The van der Waals surface area contributed by atoms with E-state index in [-0.39, 0.29) is 0 Å². The number of hydrogen-bond acceptors (Lipinski definition) is 9. The number of thioether (sulfide) groups is 1. The van der Waals surface area contributed by atoms with E-state index in [1.54, 1.807) is 0 Å². The van der Waals surface area contributed by atoms with Gasteiger partial charge in [0, 0.05) is 17.2 Å². The number of benzene rings is 1. The molecule has 4 atom stereocenters. The van der Waals surface area contributed by atoms with Crippen LogP contribution >= 0.6 is 34.4 Å². The second-order valence-corrected chi connectivity index (χ2v) is 8.93. The molecule has 4 unspecified atom stereocenters. The highest BCUT2D eigenvalue weighted by Crippen LogP contribution is 2.33. The van der Waals surface area contributed by atoms with Crippen LogP contribution in [-0.2, 0) is 16.1 Å². The first-order valence-electron chi connectivity index (χ1n) is 9.43. The van der Waals surface area contributed by atoms with E-state index in [0.29, 0.717) is 28.7 Å². The zero-order valence-electron chi connectivity index (χ0n) is 16.7. The standard InChI is InChI=1S/C19H21IN6O4S/c1-21-17(29)14-12(27)13(28)18(30-14)26-8-23-11-15(24-19(31-2)25-16(11)26)22-7-9-4-3-5-10(20)6-9/h3-6,8,12-14,18,27-28H,7H2,1-2H3,(H,21,29)(H,22,24,25). The first-order valence-corrected chi connectivity index (χ1v) is 11.7. The molecule has 0 radical (unpaired) electrons. The van der Waals surface area contributed by atoms with Gasteiger partial charge in [0.25, 0.3) is 5.91 Å². The van der Waals surface area contributed by atoms with Gasteiger partial charge in [-0.05, 0) is 46.5 Å². The predicted octanol–water partition coefficient (Wildman–Crippen LogP) is 1.13. The fourth-order valence-electron chi connectivity index (χ4n) is 3.38. The minimum atomic E-state index is -1.37. The number of fused-ring (bicyclic) bond motifs is 1. The summed E-state index contributed by atoms with van der Waals surface area (Å²) >= 11 is 3.63. The number of carbonyl (C=O) groups is 1. The van der Waals surface area contributed by atoms with Gasteiger partial charge in [-0.2, -0.15) is 0 Å². The number of amides is 1. The van der Waals surface area contributed by atoms with E-state index < -0.39 is 30.4 Å². The molecule has 0 saturated carbocycles. The Balaban J connectivity index is 1.67. The molecular formula is C19H21IN6O4S. The molecule has 1 fully saturated rings. The van der Waals surface area contributed by atoms with E-state index in [4.69, 9.17) is 4.74 Å². The highest BCUT2D eigenvalue weighted by molar-refractivity contribution is 14.1. The average molecular weight is 556 g/mol. The maximum absolute atomic E-state index is 12.0. The quantitative estimate of drug-likeness (QED) is 0.200. The summed E-state index contributed by atoms with van der Waals surface area (Å²) in [6, 6.07) is 8.10. The lowest BCUT2D eigenvalue weighted by molar-refractivity contribution is -0.137. The van der Waals surface area contributed by atoms with Crippen molar-refractivity contribution in [2.75, 3.05) is 18.6 Å². The number of nitrogens with zero attached hydrogens (tertiary/aromatic N) is 4. The molecule has 1 amide bonds. The number of hydrogen-bond donors (Lipinski definition) is 4. The molecule has 31 heavy (non-hydrogen) atoms.